The van der Waals surface area contributed by atoms with Gasteiger partial charge in [-0.15, -0.1) is 11.3 Å². The lowest BCUT2D eigenvalue weighted by Gasteiger charge is -1.87. The third kappa shape index (κ3) is 2.63. The fraction of sp³-hybridized carbons (Fsp3) is 0. The molecule has 0 atom stereocenters. The lowest BCUT2D eigenvalue weighted by atomic mass is 10.2. The first-order chi connectivity index (χ1) is 6.61. The van der Waals surface area contributed by atoms with Gasteiger partial charge in [0.2, 0.25) is 0 Å². The van der Waals surface area contributed by atoms with E-state index in [4.69, 9.17) is 20.7 Å². The van der Waals surface area contributed by atoms with Crippen molar-refractivity contribution in [2.75, 3.05) is 5.73 Å². The zero-order valence-electron chi connectivity index (χ0n) is 7.18. The van der Waals surface area contributed by atoms with Gasteiger partial charge in [-0.25, -0.2) is 4.79 Å². The highest BCUT2D eigenvalue weighted by Gasteiger charge is 1.96. The van der Waals surface area contributed by atoms with E-state index in [2.05, 4.69) is 6.07 Å². The Morgan fingerprint density at radius 3 is 2.43 bits per heavy atom. The molecule has 1 heterocycles. The zero-order valence-corrected chi connectivity index (χ0v) is 7.99. The molecule has 0 saturated carbocycles. The third-order valence-electron chi connectivity index (χ3n) is 1.51. The minimum Gasteiger partial charge on any atom is -0.450 e. The molecule has 2 rings (SSSR count). The summed E-state index contributed by atoms with van der Waals surface area (Å²) in [6.45, 7) is 0. The van der Waals surface area contributed by atoms with Crippen LogP contribution in [0.1, 0.15) is 0 Å². The Morgan fingerprint density at radius 2 is 1.86 bits per heavy atom. The summed E-state index contributed by atoms with van der Waals surface area (Å²) in [7, 11) is 0. The van der Waals surface area contributed by atoms with Crippen LogP contribution < -0.4 is 5.73 Å². The Labute approximate surface area is 84.2 Å². The summed E-state index contributed by atoms with van der Waals surface area (Å²) in [5.41, 5.74) is 6.58. The molecule has 0 spiro atoms. The minimum atomic E-state index is -1.83. The molecule has 0 radical (unpaired) electrons. The summed E-state index contributed by atoms with van der Waals surface area (Å²) < 4.78 is 1.26. The highest BCUT2D eigenvalue weighted by molar-refractivity contribution is 7.17. The van der Waals surface area contributed by atoms with E-state index in [1.165, 1.54) is 10.1 Å². The molecule has 14 heavy (non-hydrogen) atoms. The standard InChI is InChI=1S/C8H7NS.CH2O3/c9-7-5-10-8-4-2-1-3-6(7)8;2-1(3)4/h1-5H,9H2;(H2,2,3,4). The second kappa shape index (κ2) is 4.48. The zero-order chi connectivity index (χ0) is 10.6. The highest BCUT2D eigenvalue weighted by atomic mass is 32.1. The Kier molecular flexibility index (Phi) is 3.30. The molecule has 74 valence electrons. The number of nitrogen functional groups attached to an aromatic ring is 1. The van der Waals surface area contributed by atoms with Crippen molar-refractivity contribution < 1.29 is 15.0 Å². The first-order valence-corrected chi connectivity index (χ1v) is 4.63. The normalized spacial score (nSPS) is 9.14. The molecule has 0 fully saturated rings. The summed E-state index contributed by atoms with van der Waals surface area (Å²) in [5.74, 6) is 0. The molecule has 5 heteroatoms. The minimum absolute atomic E-state index is 0.889. The number of hydrogen-bond acceptors (Lipinski definition) is 3. The summed E-state index contributed by atoms with van der Waals surface area (Å²) in [6, 6.07) is 8.15. The second-order valence-corrected chi connectivity index (χ2v) is 3.38. The van der Waals surface area contributed by atoms with E-state index >= 15 is 0 Å². The molecule has 1 aromatic carbocycles. The van der Waals surface area contributed by atoms with Gasteiger partial charge in [0.25, 0.3) is 0 Å². The van der Waals surface area contributed by atoms with Crippen LogP contribution in [0.3, 0.4) is 0 Å². The van der Waals surface area contributed by atoms with Crippen molar-refractivity contribution in [3.63, 3.8) is 0 Å². The first-order valence-electron chi connectivity index (χ1n) is 3.75. The number of fused-ring (bicyclic) bond motifs is 1. The Bertz CT molecular complexity index is 434. The lowest BCUT2D eigenvalue weighted by Crippen LogP contribution is -1.81. The summed E-state index contributed by atoms with van der Waals surface area (Å²) in [4.78, 5) is 8.56. The number of nitrogens with two attached hydrogens (primary N) is 1. The Morgan fingerprint density at radius 1 is 1.29 bits per heavy atom. The van der Waals surface area contributed by atoms with Crippen LogP contribution in [0.2, 0.25) is 0 Å². The van der Waals surface area contributed by atoms with E-state index in [0.717, 1.165) is 5.69 Å². The van der Waals surface area contributed by atoms with Crippen molar-refractivity contribution >= 4 is 33.3 Å². The monoisotopic (exact) mass is 211 g/mol. The van der Waals surface area contributed by atoms with E-state index in [0.29, 0.717) is 0 Å². The molecule has 0 aliphatic heterocycles. The van der Waals surface area contributed by atoms with Crippen molar-refractivity contribution in [1.29, 1.82) is 0 Å². The van der Waals surface area contributed by atoms with Crippen LogP contribution in [0.5, 0.6) is 0 Å². The van der Waals surface area contributed by atoms with Gasteiger partial charge >= 0.3 is 6.16 Å². The molecule has 4 nitrogen and oxygen atoms in total. The number of hydrogen-bond donors (Lipinski definition) is 3. The van der Waals surface area contributed by atoms with Gasteiger partial charge in [-0.05, 0) is 6.07 Å². The number of thiophene rings is 1. The summed E-state index contributed by atoms with van der Waals surface area (Å²) >= 11 is 1.69. The van der Waals surface area contributed by atoms with Gasteiger partial charge < -0.3 is 15.9 Å². The van der Waals surface area contributed by atoms with Crippen molar-refractivity contribution in [1.82, 2.24) is 0 Å². The summed E-state index contributed by atoms with van der Waals surface area (Å²) in [6.07, 6.45) is -1.83. The molecular weight excluding hydrogens is 202 g/mol. The molecule has 1 aromatic heterocycles. The van der Waals surface area contributed by atoms with Gasteiger partial charge in [0.15, 0.2) is 0 Å². The van der Waals surface area contributed by atoms with Crippen LogP contribution in [0.15, 0.2) is 29.6 Å². The maximum absolute atomic E-state index is 8.56. The first kappa shape index (κ1) is 10.3. The number of anilines is 1. The molecular formula is C9H9NO3S. The van der Waals surface area contributed by atoms with Crippen LogP contribution in [0.4, 0.5) is 10.5 Å². The van der Waals surface area contributed by atoms with Crippen LogP contribution in [-0.4, -0.2) is 16.4 Å². The average molecular weight is 211 g/mol. The molecule has 0 saturated heterocycles. The molecule has 4 N–H and O–H groups in total. The van der Waals surface area contributed by atoms with E-state index in [-0.39, 0.29) is 0 Å². The number of carboxylic acid groups (broad SMARTS) is 2. The van der Waals surface area contributed by atoms with E-state index < -0.39 is 6.16 Å². The smallest absolute Gasteiger partial charge is 0.450 e. The van der Waals surface area contributed by atoms with Crippen LogP contribution in [0.25, 0.3) is 10.1 Å². The molecule has 0 amide bonds. The molecule has 0 unspecified atom stereocenters. The van der Waals surface area contributed by atoms with Crippen LogP contribution >= 0.6 is 11.3 Å². The van der Waals surface area contributed by atoms with Crippen molar-refractivity contribution in [3.8, 4) is 0 Å². The number of benzene rings is 1. The fourth-order valence-corrected chi connectivity index (χ4v) is 1.85. The molecule has 0 bridgehead atoms. The fourth-order valence-electron chi connectivity index (χ4n) is 0.998. The molecule has 0 aliphatic carbocycles. The Balaban J connectivity index is 0.000000213. The SMILES string of the molecule is Nc1csc2ccccc12.O=C(O)O. The predicted molar refractivity (Wildman–Crippen MR) is 56.9 cm³/mol. The van der Waals surface area contributed by atoms with Gasteiger partial charge in [-0.1, -0.05) is 18.2 Å². The molecule has 0 aliphatic rings. The third-order valence-corrected chi connectivity index (χ3v) is 2.49. The van der Waals surface area contributed by atoms with Gasteiger partial charge in [0, 0.05) is 15.5 Å². The maximum Gasteiger partial charge on any atom is 0.503 e. The van der Waals surface area contributed by atoms with Crippen LogP contribution in [0, 0.1) is 0 Å². The van der Waals surface area contributed by atoms with Crippen LogP contribution in [-0.2, 0) is 0 Å². The van der Waals surface area contributed by atoms with E-state index in [9.17, 15) is 0 Å². The largest absolute Gasteiger partial charge is 0.503 e. The van der Waals surface area contributed by atoms with E-state index in [1.807, 2.05) is 23.6 Å². The van der Waals surface area contributed by atoms with Crippen molar-refractivity contribution in [2.24, 2.45) is 0 Å². The van der Waals surface area contributed by atoms with Gasteiger partial charge in [0.1, 0.15) is 0 Å². The Hall–Kier alpha value is -1.75. The lowest BCUT2D eigenvalue weighted by molar-refractivity contribution is 0.137. The number of rotatable bonds is 0. The van der Waals surface area contributed by atoms with Crippen molar-refractivity contribution in [2.45, 2.75) is 0 Å². The molecule has 2 aromatic rings. The van der Waals surface area contributed by atoms with E-state index in [1.54, 1.807) is 11.3 Å². The van der Waals surface area contributed by atoms with Gasteiger partial charge in [-0.2, -0.15) is 0 Å². The highest BCUT2D eigenvalue weighted by Crippen LogP contribution is 2.26. The quantitative estimate of drug-likeness (QED) is 0.625. The topological polar surface area (TPSA) is 83.6 Å². The average Bonchev–Trinajstić information content (AvgIpc) is 2.48. The van der Waals surface area contributed by atoms with Crippen molar-refractivity contribution in [3.05, 3.63) is 29.6 Å². The van der Waals surface area contributed by atoms with Gasteiger partial charge in [0.05, 0.1) is 5.69 Å². The predicted octanol–water partition coefficient (Wildman–Crippen LogP) is 2.71. The maximum atomic E-state index is 8.56. The second-order valence-electron chi connectivity index (χ2n) is 2.47. The summed E-state index contributed by atoms with van der Waals surface area (Å²) in [5, 5.41) is 17.1. The van der Waals surface area contributed by atoms with Gasteiger partial charge in [-0.3, -0.25) is 0 Å². The number of carbonyl (C=O) groups is 1.